The fourth-order valence-corrected chi connectivity index (χ4v) is 0.755. The number of carboxylic acid groups (broad SMARTS) is 2. The number of carbonyl (C=O) groups is 2. The zero-order valence-electron chi connectivity index (χ0n) is 7.60. The number of hydrogen-bond donors (Lipinski definition) is 3. The van der Waals surface area contributed by atoms with Crippen molar-refractivity contribution < 1.29 is 19.8 Å². The normalized spacial score (nSPS) is 8.43. The van der Waals surface area contributed by atoms with Crippen LogP contribution in [0.3, 0.4) is 0 Å². The van der Waals surface area contributed by atoms with Gasteiger partial charge in [-0.05, 0) is 31.3 Å². The molecular formula is C9H11NO4. The second-order valence-electron chi connectivity index (χ2n) is 2.19. The molecule has 5 nitrogen and oxygen atoms in total. The average Bonchev–Trinajstić information content (AvgIpc) is 2.21. The van der Waals surface area contributed by atoms with Crippen molar-refractivity contribution in [1.82, 2.24) is 0 Å². The summed E-state index contributed by atoms with van der Waals surface area (Å²) >= 11 is 0. The van der Waals surface area contributed by atoms with Crippen molar-refractivity contribution in [1.29, 1.82) is 0 Å². The third-order valence-electron chi connectivity index (χ3n) is 1.38. The maximum atomic E-state index is 10.3. The number of rotatable bonds is 2. The van der Waals surface area contributed by atoms with Gasteiger partial charge in [0.2, 0.25) is 0 Å². The molecule has 0 aliphatic carbocycles. The highest BCUT2D eigenvalue weighted by Crippen LogP contribution is 2.03. The molecule has 0 radical (unpaired) electrons. The van der Waals surface area contributed by atoms with Crippen LogP contribution in [0.1, 0.15) is 20.7 Å². The zero-order chi connectivity index (χ0) is 11.1. The van der Waals surface area contributed by atoms with Crippen LogP contribution in [0.5, 0.6) is 0 Å². The third-order valence-corrected chi connectivity index (χ3v) is 1.38. The number of aromatic carboxylic acids is 2. The van der Waals surface area contributed by atoms with Crippen LogP contribution in [-0.2, 0) is 0 Å². The summed E-state index contributed by atoms with van der Waals surface area (Å²) in [4.78, 5) is 20.7. The third kappa shape index (κ3) is 3.24. The summed E-state index contributed by atoms with van der Waals surface area (Å²) in [5, 5.41) is 16.9. The van der Waals surface area contributed by atoms with Crippen LogP contribution in [0.2, 0.25) is 0 Å². The van der Waals surface area contributed by atoms with Crippen molar-refractivity contribution in [3.8, 4) is 0 Å². The van der Waals surface area contributed by atoms with Crippen molar-refractivity contribution in [3.63, 3.8) is 0 Å². The van der Waals surface area contributed by atoms with E-state index in [4.69, 9.17) is 10.2 Å². The van der Waals surface area contributed by atoms with Gasteiger partial charge in [-0.2, -0.15) is 0 Å². The highest BCUT2D eigenvalue weighted by atomic mass is 16.4. The first-order valence-corrected chi connectivity index (χ1v) is 3.75. The summed E-state index contributed by atoms with van der Waals surface area (Å²) in [7, 11) is 1.50. The Balaban J connectivity index is 0.000000791. The van der Waals surface area contributed by atoms with Gasteiger partial charge < -0.3 is 15.9 Å². The molecule has 0 aliphatic rings. The molecule has 0 spiro atoms. The molecule has 1 aromatic carbocycles. The van der Waals surface area contributed by atoms with Gasteiger partial charge in [0.25, 0.3) is 0 Å². The van der Waals surface area contributed by atoms with E-state index in [2.05, 4.69) is 5.73 Å². The van der Waals surface area contributed by atoms with Gasteiger partial charge in [-0.15, -0.1) is 0 Å². The van der Waals surface area contributed by atoms with Crippen molar-refractivity contribution in [2.24, 2.45) is 5.73 Å². The van der Waals surface area contributed by atoms with Gasteiger partial charge in [0, 0.05) is 0 Å². The minimum absolute atomic E-state index is 0.0833. The van der Waals surface area contributed by atoms with Gasteiger partial charge >= 0.3 is 11.9 Å². The second-order valence-corrected chi connectivity index (χ2v) is 2.19. The lowest BCUT2D eigenvalue weighted by Gasteiger charge is -1.94. The summed E-state index contributed by atoms with van der Waals surface area (Å²) in [5.74, 6) is -2.13. The first-order valence-electron chi connectivity index (χ1n) is 3.75. The molecule has 0 aromatic heterocycles. The Bertz CT molecular complexity index is 285. The number of carboxylic acids is 2. The van der Waals surface area contributed by atoms with E-state index in [1.54, 1.807) is 0 Å². The molecule has 0 saturated heterocycles. The predicted molar refractivity (Wildman–Crippen MR) is 50.5 cm³/mol. The molecule has 0 aliphatic heterocycles. The van der Waals surface area contributed by atoms with Crippen LogP contribution in [0.25, 0.3) is 0 Å². The standard InChI is InChI=1S/C8H6O4.CH5N/c9-7(10)5-1-2-6(4-3-5)8(11)12;1-2/h1-4H,(H,9,10)(H,11,12);2H2,1H3. The number of benzene rings is 1. The molecule has 76 valence electrons. The topological polar surface area (TPSA) is 101 Å². The average molecular weight is 197 g/mol. The van der Waals surface area contributed by atoms with E-state index in [0.717, 1.165) is 0 Å². The van der Waals surface area contributed by atoms with Crippen LogP contribution in [0, 0.1) is 0 Å². The molecule has 0 atom stereocenters. The first kappa shape index (κ1) is 12.1. The predicted octanol–water partition coefficient (Wildman–Crippen LogP) is 0.658. The monoisotopic (exact) mass is 197 g/mol. The maximum absolute atomic E-state index is 10.3. The minimum Gasteiger partial charge on any atom is -0.478 e. The zero-order valence-corrected chi connectivity index (χ0v) is 7.60. The lowest BCUT2D eigenvalue weighted by molar-refractivity contribution is 0.0681. The lowest BCUT2D eigenvalue weighted by atomic mass is 10.1. The molecule has 0 fully saturated rings. The fraction of sp³-hybridized carbons (Fsp3) is 0.111. The summed E-state index contributed by atoms with van der Waals surface area (Å²) in [6.45, 7) is 0. The van der Waals surface area contributed by atoms with E-state index in [1.165, 1.54) is 31.3 Å². The summed E-state index contributed by atoms with van der Waals surface area (Å²) in [6, 6.07) is 5.02. The van der Waals surface area contributed by atoms with Gasteiger partial charge in [0.1, 0.15) is 0 Å². The highest BCUT2D eigenvalue weighted by molar-refractivity contribution is 5.91. The van der Waals surface area contributed by atoms with Crippen LogP contribution in [-0.4, -0.2) is 29.2 Å². The Hall–Kier alpha value is -1.88. The smallest absolute Gasteiger partial charge is 0.335 e. The van der Waals surface area contributed by atoms with Gasteiger partial charge in [0.15, 0.2) is 0 Å². The molecular weight excluding hydrogens is 186 g/mol. The van der Waals surface area contributed by atoms with E-state index in [1.807, 2.05) is 0 Å². The molecule has 0 heterocycles. The van der Waals surface area contributed by atoms with Crippen molar-refractivity contribution in [2.75, 3.05) is 7.05 Å². The summed E-state index contributed by atoms with van der Waals surface area (Å²) < 4.78 is 0. The Morgan fingerprint density at radius 2 is 1.14 bits per heavy atom. The Labute approximate surface area is 80.8 Å². The van der Waals surface area contributed by atoms with Crippen molar-refractivity contribution >= 4 is 11.9 Å². The van der Waals surface area contributed by atoms with E-state index in [0.29, 0.717) is 0 Å². The van der Waals surface area contributed by atoms with Crippen molar-refractivity contribution in [3.05, 3.63) is 35.4 Å². The van der Waals surface area contributed by atoms with E-state index in [9.17, 15) is 9.59 Å². The molecule has 14 heavy (non-hydrogen) atoms. The molecule has 0 saturated carbocycles. The molecule has 1 aromatic rings. The maximum Gasteiger partial charge on any atom is 0.335 e. The van der Waals surface area contributed by atoms with Gasteiger partial charge in [-0.3, -0.25) is 0 Å². The molecule has 0 amide bonds. The summed E-state index contributed by atoms with van der Waals surface area (Å²) in [6.07, 6.45) is 0. The highest BCUT2D eigenvalue weighted by Gasteiger charge is 2.04. The van der Waals surface area contributed by atoms with Crippen LogP contribution in [0.15, 0.2) is 24.3 Å². The quantitative estimate of drug-likeness (QED) is 0.646. The van der Waals surface area contributed by atoms with Gasteiger partial charge in [0.05, 0.1) is 11.1 Å². The van der Waals surface area contributed by atoms with E-state index < -0.39 is 11.9 Å². The molecule has 4 N–H and O–H groups in total. The largest absolute Gasteiger partial charge is 0.478 e. The minimum atomic E-state index is -1.06. The molecule has 1 rings (SSSR count). The van der Waals surface area contributed by atoms with Crippen LogP contribution < -0.4 is 5.73 Å². The molecule has 0 bridgehead atoms. The summed E-state index contributed by atoms with van der Waals surface area (Å²) in [5.41, 5.74) is 4.67. The van der Waals surface area contributed by atoms with E-state index in [-0.39, 0.29) is 11.1 Å². The first-order chi connectivity index (χ1) is 6.61. The van der Waals surface area contributed by atoms with Crippen LogP contribution in [0.4, 0.5) is 0 Å². The lowest BCUT2D eigenvalue weighted by Crippen LogP contribution is -1.99. The SMILES string of the molecule is CN.O=C(O)c1ccc(C(=O)O)cc1. The second kappa shape index (κ2) is 5.71. The Morgan fingerprint density at radius 3 is 1.29 bits per heavy atom. The number of nitrogens with two attached hydrogens (primary N) is 1. The fourth-order valence-electron chi connectivity index (χ4n) is 0.755. The van der Waals surface area contributed by atoms with Crippen molar-refractivity contribution in [2.45, 2.75) is 0 Å². The molecule has 0 unspecified atom stereocenters. The number of hydrogen-bond acceptors (Lipinski definition) is 3. The van der Waals surface area contributed by atoms with Gasteiger partial charge in [-0.25, -0.2) is 9.59 Å². The molecule has 5 heteroatoms. The Kier molecular flexibility index (Phi) is 4.95. The van der Waals surface area contributed by atoms with Crippen LogP contribution >= 0.6 is 0 Å². The Morgan fingerprint density at radius 1 is 0.929 bits per heavy atom. The van der Waals surface area contributed by atoms with E-state index >= 15 is 0 Å². The van der Waals surface area contributed by atoms with Gasteiger partial charge in [-0.1, -0.05) is 0 Å².